The van der Waals surface area contributed by atoms with E-state index in [4.69, 9.17) is 0 Å². The first-order chi connectivity index (χ1) is 13.2. The molecule has 28 heavy (non-hydrogen) atoms. The maximum absolute atomic E-state index is 12.6. The quantitative estimate of drug-likeness (QED) is 0.524. The minimum absolute atomic E-state index is 0.116. The topological polar surface area (TPSA) is 90.1 Å². The Hall–Kier alpha value is -3.69. The average molecular weight is 390 g/mol. The molecule has 3 rings (SSSR count). The number of nitrogens with zero attached hydrogens (tertiary/aromatic N) is 3. The number of hydrogen-bond donors (Lipinski definition) is 1. The number of alkyl halides is 3. The van der Waals surface area contributed by atoms with Crippen molar-refractivity contribution in [3.8, 4) is 0 Å². The lowest BCUT2D eigenvalue weighted by Gasteiger charge is -2.11. The predicted octanol–water partition coefficient (Wildman–Crippen LogP) is 4.11. The SMILES string of the molecule is O=C(Nc1ccc(C(F)(F)F)cc1)c1ccccc1Cn1cc([N+](=O)[O-])cn1. The van der Waals surface area contributed by atoms with E-state index in [0.717, 1.165) is 18.3 Å². The number of carbonyl (C=O) groups is 1. The number of anilines is 1. The van der Waals surface area contributed by atoms with Gasteiger partial charge in [-0.05, 0) is 35.9 Å². The Bertz CT molecular complexity index is 1010. The highest BCUT2D eigenvalue weighted by Gasteiger charge is 2.30. The number of hydrogen-bond acceptors (Lipinski definition) is 4. The minimum atomic E-state index is -4.46. The van der Waals surface area contributed by atoms with Gasteiger partial charge in [0.15, 0.2) is 0 Å². The van der Waals surface area contributed by atoms with Crippen LogP contribution in [0.5, 0.6) is 0 Å². The zero-order valence-electron chi connectivity index (χ0n) is 14.2. The largest absolute Gasteiger partial charge is 0.416 e. The Kier molecular flexibility index (Phi) is 5.12. The molecular formula is C18H13F3N4O3. The van der Waals surface area contributed by atoms with E-state index in [2.05, 4.69) is 10.4 Å². The van der Waals surface area contributed by atoms with Gasteiger partial charge in [0.25, 0.3) is 5.91 Å². The number of rotatable bonds is 5. The van der Waals surface area contributed by atoms with Gasteiger partial charge in [-0.25, -0.2) is 0 Å². The summed E-state index contributed by atoms with van der Waals surface area (Å²) in [6, 6.07) is 10.6. The van der Waals surface area contributed by atoms with Crippen LogP contribution in [0, 0.1) is 10.1 Å². The maximum Gasteiger partial charge on any atom is 0.416 e. The molecule has 0 bridgehead atoms. The zero-order valence-corrected chi connectivity index (χ0v) is 14.2. The third-order valence-electron chi connectivity index (χ3n) is 3.89. The van der Waals surface area contributed by atoms with Crippen molar-refractivity contribution in [3.63, 3.8) is 0 Å². The van der Waals surface area contributed by atoms with E-state index < -0.39 is 22.6 Å². The zero-order chi connectivity index (χ0) is 20.3. The Balaban J connectivity index is 1.77. The third-order valence-corrected chi connectivity index (χ3v) is 3.89. The van der Waals surface area contributed by atoms with Gasteiger partial charge in [0, 0.05) is 11.3 Å². The van der Waals surface area contributed by atoms with Crippen molar-refractivity contribution in [3.05, 3.63) is 87.7 Å². The fourth-order valence-corrected chi connectivity index (χ4v) is 2.53. The molecule has 0 aliphatic rings. The second kappa shape index (κ2) is 7.51. The monoisotopic (exact) mass is 390 g/mol. The summed E-state index contributed by atoms with van der Waals surface area (Å²) in [6.45, 7) is 0.116. The first-order valence-corrected chi connectivity index (χ1v) is 7.97. The normalized spacial score (nSPS) is 11.2. The number of aromatic nitrogens is 2. The molecule has 10 heteroatoms. The molecule has 3 aromatic rings. The van der Waals surface area contributed by atoms with E-state index in [-0.39, 0.29) is 23.5 Å². The van der Waals surface area contributed by atoms with Crippen molar-refractivity contribution in [2.45, 2.75) is 12.7 Å². The van der Waals surface area contributed by atoms with Crippen molar-refractivity contribution in [1.82, 2.24) is 9.78 Å². The van der Waals surface area contributed by atoms with Crippen LogP contribution in [0.3, 0.4) is 0 Å². The summed E-state index contributed by atoms with van der Waals surface area (Å²) >= 11 is 0. The lowest BCUT2D eigenvalue weighted by atomic mass is 10.1. The fraction of sp³-hybridized carbons (Fsp3) is 0.111. The highest BCUT2D eigenvalue weighted by atomic mass is 19.4. The first kappa shape index (κ1) is 19.1. The summed E-state index contributed by atoms with van der Waals surface area (Å²) in [7, 11) is 0. The molecule has 0 saturated heterocycles. The molecule has 1 aromatic heterocycles. The van der Waals surface area contributed by atoms with Crippen molar-refractivity contribution in [1.29, 1.82) is 0 Å². The van der Waals surface area contributed by atoms with E-state index >= 15 is 0 Å². The predicted molar refractivity (Wildman–Crippen MR) is 93.8 cm³/mol. The molecule has 1 amide bonds. The van der Waals surface area contributed by atoms with Crippen molar-refractivity contribution in [2.24, 2.45) is 0 Å². The van der Waals surface area contributed by atoms with Crippen molar-refractivity contribution >= 4 is 17.3 Å². The molecular weight excluding hydrogens is 377 g/mol. The third kappa shape index (κ3) is 4.34. The van der Waals surface area contributed by atoms with Crippen LogP contribution < -0.4 is 5.32 Å². The summed E-state index contributed by atoms with van der Waals surface area (Å²) in [5.41, 5.74) is 0.0471. The Morgan fingerprint density at radius 2 is 1.82 bits per heavy atom. The number of nitrogens with one attached hydrogen (secondary N) is 1. The Morgan fingerprint density at radius 1 is 1.14 bits per heavy atom. The lowest BCUT2D eigenvalue weighted by Crippen LogP contribution is -2.16. The van der Waals surface area contributed by atoms with Gasteiger partial charge in [0.1, 0.15) is 12.4 Å². The van der Waals surface area contributed by atoms with Gasteiger partial charge in [-0.15, -0.1) is 0 Å². The number of carbonyl (C=O) groups excluding carboxylic acids is 1. The summed E-state index contributed by atoms with van der Waals surface area (Å²) < 4.78 is 39.2. The molecule has 0 radical (unpaired) electrons. The Labute approximate surface area is 156 Å². The number of amides is 1. The van der Waals surface area contributed by atoms with Crippen LogP contribution in [0.25, 0.3) is 0 Å². The number of benzene rings is 2. The molecule has 0 unspecified atom stereocenters. The summed E-state index contributed by atoms with van der Waals surface area (Å²) in [5, 5.41) is 17.2. The van der Waals surface area contributed by atoms with Gasteiger partial charge in [-0.1, -0.05) is 18.2 Å². The van der Waals surface area contributed by atoms with Crippen LogP contribution in [0.2, 0.25) is 0 Å². The van der Waals surface area contributed by atoms with Crippen LogP contribution in [0.1, 0.15) is 21.5 Å². The molecule has 0 fully saturated rings. The highest BCUT2D eigenvalue weighted by molar-refractivity contribution is 6.05. The van der Waals surface area contributed by atoms with Crippen LogP contribution in [0.15, 0.2) is 60.9 Å². The second-order valence-corrected chi connectivity index (χ2v) is 5.84. The highest BCUT2D eigenvalue weighted by Crippen LogP contribution is 2.30. The van der Waals surface area contributed by atoms with Crippen molar-refractivity contribution < 1.29 is 22.9 Å². The summed E-state index contributed by atoms with van der Waals surface area (Å²) in [5.74, 6) is -0.517. The standard InChI is InChI=1S/C18H13F3N4O3/c19-18(20,21)13-5-7-14(8-6-13)23-17(26)16-4-2-1-3-12(16)10-24-11-15(9-22-24)25(27)28/h1-9,11H,10H2,(H,23,26). The van der Waals surface area contributed by atoms with Crippen molar-refractivity contribution in [2.75, 3.05) is 5.32 Å². The molecule has 2 aromatic carbocycles. The molecule has 0 spiro atoms. The van der Waals surface area contributed by atoms with E-state index in [1.807, 2.05) is 0 Å². The van der Waals surface area contributed by atoms with Crippen LogP contribution in [0.4, 0.5) is 24.5 Å². The molecule has 144 valence electrons. The molecule has 0 aliphatic carbocycles. The van der Waals surface area contributed by atoms with E-state index in [9.17, 15) is 28.1 Å². The first-order valence-electron chi connectivity index (χ1n) is 7.97. The Morgan fingerprint density at radius 3 is 2.43 bits per heavy atom. The van der Waals surface area contributed by atoms with Gasteiger partial charge < -0.3 is 5.32 Å². The smallest absolute Gasteiger partial charge is 0.322 e. The molecule has 1 heterocycles. The molecule has 0 saturated carbocycles. The second-order valence-electron chi connectivity index (χ2n) is 5.84. The average Bonchev–Trinajstić information content (AvgIpc) is 3.11. The van der Waals surface area contributed by atoms with Crippen LogP contribution in [-0.4, -0.2) is 20.6 Å². The van der Waals surface area contributed by atoms with E-state index in [0.29, 0.717) is 5.56 Å². The van der Waals surface area contributed by atoms with Gasteiger partial charge in [0.05, 0.1) is 17.0 Å². The summed E-state index contributed by atoms with van der Waals surface area (Å²) in [4.78, 5) is 22.7. The van der Waals surface area contributed by atoms with Crippen LogP contribution >= 0.6 is 0 Å². The van der Waals surface area contributed by atoms with Gasteiger partial charge >= 0.3 is 11.9 Å². The lowest BCUT2D eigenvalue weighted by molar-refractivity contribution is -0.385. The van der Waals surface area contributed by atoms with Gasteiger partial charge in [-0.3, -0.25) is 19.6 Å². The number of halogens is 3. The molecule has 0 aliphatic heterocycles. The molecule has 0 atom stereocenters. The maximum atomic E-state index is 12.6. The van der Waals surface area contributed by atoms with E-state index in [1.54, 1.807) is 24.3 Å². The molecule has 7 nitrogen and oxygen atoms in total. The summed E-state index contributed by atoms with van der Waals surface area (Å²) in [6.07, 6.45) is -2.11. The van der Waals surface area contributed by atoms with E-state index in [1.165, 1.54) is 23.0 Å². The minimum Gasteiger partial charge on any atom is -0.322 e. The number of nitro groups is 1. The van der Waals surface area contributed by atoms with Gasteiger partial charge in [0.2, 0.25) is 0 Å². The van der Waals surface area contributed by atoms with Gasteiger partial charge in [-0.2, -0.15) is 18.3 Å². The molecule has 1 N–H and O–H groups in total. The fourth-order valence-electron chi connectivity index (χ4n) is 2.53. The van der Waals surface area contributed by atoms with Crippen LogP contribution in [-0.2, 0) is 12.7 Å².